The van der Waals surface area contributed by atoms with Crippen molar-refractivity contribution < 1.29 is 13.5 Å². The van der Waals surface area contributed by atoms with Crippen molar-refractivity contribution in [1.82, 2.24) is 0 Å². The molecule has 0 amide bonds. The number of hydrogen-bond donors (Lipinski definition) is 1. The van der Waals surface area contributed by atoms with Crippen LogP contribution in [0, 0.1) is 5.92 Å². The van der Waals surface area contributed by atoms with Gasteiger partial charge in [-0.25, -0.2) is 8.42 Å². The second-order valence-corrected chi connectivity index (χ2v) is 7.40. The van der Waals surface area contributed by atoms with Gasteiger partial charge in [0.2, 0.25) is 0 Å². The quantitative estimate of drug-likeness (QED) is 0.913. The van der Waals surface area contributed by atoms with Crippen LogP contribution in [0.1, 0.15) is 37.3 Å². The van der Waals surface area contributed by atoms with E-state index in [0.29, 0.717) is 17.2 Å². The van der Waals surface area contributed by atoms with E-state index in [1.165, 1.54) is 0 Å². The Labute approximate surface area is 109 Å². The predicted molar refractivity (Wildman–Crippen MR) is 71.5 cm³/mol. The second-order valence-electron chi connectivity index (χ2n) is 5.32. The lowest BCUT2D eigenvalue weighted by atomic mass is 9.88. The first-order chi connectivity index (χ1) is 8.45. The van der Waals surface area contributed by atoms with Gasteiger partial charge in [0.25, 0.3) is 0 Å². The number of rotatable bonds is 3. The largest absolute Gasteiger partial charge is 0.396 e. The molecule has 0 aromatic heterocycles. The van der Waals surface area contributed by atoms with Crippen molar-refractivity contribution in [3.63, 3.8) is 0 Å². The summed E-state index contributed by atoms with van der Waals surface area (Å²) < 4.78 is 23.8. The molecule has 3 nitrogen and oxygen atoms in total. The monoisotopic (exact) mass is 268 g/mol. The highest BCUT2D eigenvalue weighted by molar-refractivity contribution is 7.91. The first kappa shape index (κ1) is 13.6. The number of fused-ring (bicyclic) bond motifs is 1. The molecule has 0 bridgehead atoms. The Kier molecular flexibility index (Phi) is 3.78. The summed E-state index contributed by atoms with van der Waals surface area (Å²) in [6.45, 7) is 4.23. The van der Waals surface area contributed by atoms with Crippen LogP contribution in [0.2, 0.25) is 0 Å². The Morgan fingerprint density at radius 2 is 2.06 bits per heavy atom. The standard InChI is InChI=1S/C14H20O3S/c1-10(2)13(9-15)11-5-6-14-12(8-11)4-3-7-18(14,16)17/h5-6,8,10,13,15H,3-4,7,9H2,1-2H3. The van der Waals surface area contributed by atoms with Gasteiger partial charge in [-0.2, -0.15) is 0 Å². The summed E-state index contributed by atoms with van der Waals surface area (Å²) in [7, 11) is -3.07. The van der Waals surface area contributed by atoms with Crippen LogP contribution in [-0.2, 0) is 16.3 Å². The van der Waals surface area contributed by atoms with Crippen molar-refractivity contribution >= 4 is 9.84 Å². The van der Waals surface area contributed by atoms with Crippen LogP contribution >= 0.6 is 0 Å². The third-order valence-corrected chi connectivity index (χ3v) is 5.60. The average Bonchev–Trinajstić information content (AvgIpc) is 2.28. The van der Waals surface area contributed by atoms with E-state index in [9.17, 15) is 13.5 Å². The van der Waals surface area contributed by atoms with E-state index in [0.717, 1.165) is 17.5 Å². The van der Waals surface area contributed by atoms with Crippen molar-refractivity contribution in [2.75, 3.05) is 12.4 Å². The fraction of sp³-hybridized carbons (Fsp3) is 0.571. The maximum atomic E-state index is 11.9. The predicted octanol–water partition coefficient (Wildman–Crippen LogP) is 2.14. The highest BCUT2D eigenvalue weighted by Gasteiger charge is 2.25. The SMILES string of the molecule is CC(C)C(CO)c1ccc2c(c1)CCCS2(=O)=O. The topological polar surface area (TPSA) is 54.4 Å². The molecular weight excluding hydrogens is 248 g/mol. The number of benzene rings is 1. The molecular formula is C14H20O3S. The van der Waals surface area contributed by atoms with Crippen LogP contribution in [-0.4, -0.2) is 25.9 Å². The normalized spacial score (nSPS) is 19.6. The van der Waals surface area contributed by atoms with Crippen LogP contribution in [0.3, 0.4) is 0 Å². The molecule has 0 aliphatic carbocycles. The minimum absolute atomic E-state index is 0.0833. The molecule has 0 spiro atoms. The molecule has 0 radical (unpaired) electrons. The van der Waals surface area contributed by atoms with Crippen LogP contribution in [0.5, 0.6) is 0 Å². The van der Waals surface area contributed by atoms with Crippen molar-refractivity contribution in [3.05, 3.63) is 29.3 Å². The van der Waals surface area contributed by atoms with Gasteiger partial charge in [0.1, 0.15) is 0 Å². The highest BCUT2D eigenvalue weighted by atomic mass is 32.2. The van der Waals surface area contributed by atoms with Crippen LogP contribution in [0.4, 0.5) is 0 Å². The van der Waals surface area contributed by atoms with E-state index in [2.05, 4.69) is 13.8 Å². The van der Waals surface area contributed by atoms with Gasteiger partial charge < -0.3 is 5.11 Å². The zero-order valence-corrected chi connectivity index (χ0v) is 11.7. The minimum Gasteiger partial charge on any atom is -0.396 e. The van der Waals surface area contributed by atoms with Gasteiger partial charge in [0.15, 0.2) is 9.84 Å². The van der Waals surface area contributed by atoms with Gasteiger partial charge in [0.05, 0.1) is 17.3 Å². The molecule has 1 aliphatic rings. The molecule has 100 valence electrons. The summed E-state index contributed by atoms with van der Waals surface area (Å²) in [6, 6.07) is 5.53. The second kappa shape index (κ2) is 5.02. The van der Waals surface area contributed by atoms with Gasteiger partial charge in [0, 0.05) is 5.92 Å². The molecule has 1 heterocycles. The van der Waals surface area contributed by atoms with Gasteiger partial charge >= 0.3 is 0 Å². The lowest BCUT2D eigenvalue weighted by Crippen LogP contribution is -2.18. The number of aliphatic hydroxyl groups is 1. The summed E-state index contributed by atoms with van der Waals surface area (Å²) in [5, 5.41) is 9.44. The molecule has 0 saturated heterocycles. The lowest BCUT2D eigenvalue weighted by Gasteiger charge is -2.22. The minimum atomic E-state index is -3.07. The van der Waals surface area contributed by atoms with Crippen molar-refractivity contribution in [2.45, 2.75) is 37.5 Å². The fourth-order valence-electron chi connectivity index (χ4n) is 2.59. The first-order valence-electron chi connectivity index (χ1n) is 6.42. The van der Waals surface area contributed by atoms with E-state index in [1.54, 1.807) is 6.07 Å². The molecule has 1 aromatic carbocycles. The van der Waals surface area contributed by atoms with Crippen LogP contribution in [0.15, 0.2) is 23.1 Å². The molecule has 18 heavy (non-hydrogen) atoms. The summed E-state index contributed by atoms with van der Waals surface area (Å²) in [4.78, 5) is 0.484. The molecule has 1 aliphatic heterocycles. The Morgan fingerprint density at radius 3 is 2.67 bits per heavy atom. The number of hydrogen-bond acceptors (Lipinski definition) is 3. The van der Waals surface area contributed by atoms with Crippen LogP contribution < -0.4 is 0 Å². The van der Waals surface area contributed by atoms with Gasteiger partial charge in [-0.1, -0.05) is 26.0 Å². The fourth-order valence-corrected chi connectivity index (χ4v) is 4.17. The maximum Gasteiger partial charge on any atom is 0.178 e. The van der Waals surface area contributed by atoms with E-state index in [1.807, 2.05) is 12.1 Å². The number of aliphatic hydroxyl groups excluding tert-OH is 1. The highest BCUT2D eigenvalue weighted by Crippen LogP contribution is 2.30. The summed E-state index contributed by atoms with van der Waals surface area (Å²) in [5.74, 6) is 0.681. The van der Waals surface area contributed by atoms with E-state index in [-0.39, 0.29) is 18.3 Å². The molecule has 1 aromatic rings. The molecule has 0 fully saturated rings. The van der Waals surface area contributed by atoms with Crippen molar-refractivity contribution in [2.24, 2.45) is 5.92 Å². The Bertz CT molecular complexity index is 532. The third-order valence-electron chi connectivity index (χ3n) is 3.71. The third kappa shape index (κ3) is 2.45. The molecule has 1 N–H and O–H groups in total. The Balaban J connectivity index is 2.45. The van der Waals surface area contributed by atoms with E-state index >= 15 is 0 Å². The van der Waals surface area contributed by atoms with Crippen molar-refractivity contribution in [3.8, 4) is 0 Å². The first-order valence-corrected chi connectivity index (χ1v) is 8.07. The Hall–Kier alpha value is -0.870. The molecule has 1 unspecified atom stereocenters. The van der Waals surface area contributed by atoms with E-state index in [4.69, 9.17) is 0 Å². The smallest absolute Gasteiger partial charge is 0.178 e. The zero-order valence-electron chi connectivity index (χ0n) is 10.9. The summed E-state index contributed by atoms with van der Waals surface area (Å²) in [6.07, 6.45) is 1.52. The van der Waals surface area contributed by atoms with E-state index < -0.39 is 9.84 Å². The van der Waals surface area contributed by atoms with Gasteiger partial charge in [-0.15, -0.1) is 0 Å². The number of aryl methyl sites for hydroxylation is 1. The summed E-state index contributed by atoms with van der Waals surface area (Å²) >= 11 is 0. The maximum absolute atomic E-state index is 11.9. The molecule has 1 atom stereocenters. The summed E-state index contributed by atoms with van der Waals surface area (Å²) in [5.41, 5.74) is 1.96. The van der Waals surface area contributed by atoms with Gasteiger partial charge in [-0.05, 0) is 36.0 Å². The average molecular weight is 268 g/mol. The lowest BCUT2D eigenvalue weighted by molar-refractivity contribution is 0.237. The number of sulfone groups is 1. The van der Waals surface area contributed by atoms with Gasteiger partial charge in [-0.3, -0.25) is 0 Å². The molecule has 0 saturated carbocycles. The van der Waals surface area contributed by atoms with Crippen LogP contribution in [0.25, 0.3) is 0 Å². The zero-order chi connectivity index (χ0) is 13.3. The van der Waals surface area contributed by atoms with Crippen molar-refractivity contribution in [1.29, 1.82) is 0 Å². The molecule has 4 heteroatoms. The molecule has 2 rings (SSSR count). The Morgan fingerprint density at radius 1 is 1.33 bits per heavy atom.